The fourth-order valence-electron chi connectivity index (χ4n) is 5.29. The summed E-state index contributed by atoms with van der Waals surface area (Å²) in [5, 5.41) is 0. The Morgan fingerprint density at radius 1 is 0.920 bits per heavy atom. The Morgan fingerprint density at radius 2 is 1.52 bits per heavy atom. The summed E-state index contributed by atoms with van der Waals surface area (Å²) in [6.45, 7) is 17.0. The van der Waals surface area contributed by atoms with Crippen LogP contribution < -0.4 is 0 Å². The van der Waals surface area contributed by atoms with Gasteiger partial charge in [-0.1, -0.05) is 67.9 Å². The van der Waals surface area contributed by atoms with Gasteiger partial charge in [0, 0.05) is 0 Å². The molecule has 1 atom stereocenters. The van der Waals surface area contributed by atoms with Crippen LogP contribution in [0.1, 0.15) is 70.5 Å². The van der Waals surface area contributed by atoms with Gasteiger partial charge in [0.2, 0.25) is 0 Å². The Balaban J connectivity index is 2.05. The average molecular weight is 351 g/mol. The third-order valence-corrected chi connectivity index (χ3v) is 11.4. The molecule has 0 N–H and O–H groups in total. The molecule has 1 unspecified atom stereocenters. The molecule has 2 aliphatic carbocycles. The molecule has 0 saturated heterocycles. The molecule has 0 aliphatic heterocycles. The third-order valence-electron chi connectivity index (χ3n) is 6.97. The maximum atomic E-state index is 2.66. The molecule has 0 aromatic heterocycles. The number of unbranched alkanes of at least 4 members (excludes halogenated alkanes) is 1. The number of rotatable bonds is 5. The first-order valence-corrected chi connectivity index (χ1v) is 13.1. The number of fused-ring (bicyclic) bond motifs is 1. The van der Waals surface area contributed by atoms with Crippen LogP contribution in [0.15, 0.2) is 52.6 Å². The fraction of sp³-hybridized carbons (Fsp3) is 0.500. The van der Waals surface area contributed by atoms with E-state index in [9.17, 15) is 0 Å². The van der Waals surface area contributed by atoms with Crippen molar-refractivity contribution in [2.75, 3.05) is 0 Å². The lowest BCUT2D eigenvalue weighted by molar-refractivity contribution is 0.825. The summed E-state index contributed by atoms with van der Waals surface area (Å²) in [5.41, 5.74) is 12.5. The molecule has 0 fully saturated rings. The van der Waals surface area contributed by atoms with Crippen molar-refractivity contribution in [2.45, 2.75) is 78.1 Å². The van der Waals surface area contributed by atoms with E-state index in [4.69, 9.17) is 0 Å². The van der Waals surface area contributed by atoms with Gasteiger partial charge >= 0.3 is 0 Å². The second-order valence-corrected chi connectivity index (χ2v) is 13.6. The van der Waals surface area contributed by atoms with Gasteiger partial charge < -0.3 is 0 Å². The zero-order valence-corrected chi connectivity index (χ0v) is 18.2. The minimum Gasteiger partial charge on any atom is -0.0759 e. The van der Waals surface area contributed by atoms with E-state index in [2.05, 4.69) is 78.1 Å². The summed E-state index contributed by atoms with van der Waals surface area (Å²) in [4.78, 5) is 0. The highest BCUT2D eigenvalue weighted by Crippen LogP contribution is 2.54. The largest absolute Gasteiger partial charge is 0.0759 e. The normalized spacial score (nSPS) is 21.2. The molecule has 0 spiro atoms. The molecular formula is C24H34Si. The second kappa shape index (κ2) is 6.76. The molecule has 25 heavy (non-hydrogen) atoms. The van der Waals surface area contributed by atoms with E-state index in [1.165, 1.54) is 24.8 Å². The maximum absolute atomic E-state index is 2.66. The van der Waals surface area contributed by atoms with E-state index in [1.807, 2.05) is 0 Å². The van der Waals surface area contributed by atoms with Crippen molar-refractivity contribution in [1.29, 1.82) is 0 Å². The maximum Gasteiger partial charge on any atom is 0.0714 e. The molecule has 2 aliphatic rings. The molecule has 134 valence electrons. The van der Waals surface area contributed by atoms with Gasteiger partial charge in [-0.25, -0.2) is 0 Å². The highest BCUT2D eigenvalue weighted by molar-refractivity contribution is 6.82. The Morgan fingerprint density at radius 3 is 2.12 bits per heavy atom. The number of hydrogen-bond acceptors (Lipinski definition) is 0. The predicted molar refractivity (Wildman–Crippen MR) is 115 cm³/mol. The minimum atomic E-state index is -1.57. The predicted octanol–water partition coefficient (Wildman–Crippen LogP) is 7.66. The van der Waals surface area contributed by atoms with Crippen molar-refractivity contribution in [1.82, 2.24) is 0 Å². The summed E-state index contributed by atoms with van der Waals surface area (Å²) >= 11 is 0. The summed E-state index contributed by atoms with van der Waals surface area (Å²) in [7, 11) is -1.57. The van der Waals surface area contributed by atoms with Gasteiger partial charge in [-0.2, -0.15) is 0 Å². The van der Waals surface area contributed by atoms with E-state index in [1.54, 1.807) is 33.4 Å². The number of hydrogen-bond donors (Lipinski definition) is 0. The first-order chi connectivity index (χ1) is 11.8. The lowest BCUT2D eigenvalue weighted by Gasteiger charge is -2.37. The van der Waals surface area contributed by atoms with Crippen molar-refractivity contribution in [2.24, 2.45) is 0 Å². The van der Waals surface area contributed by atoms with E-state index in [0.717, 1.165) is 0 Å². The zero-order valence-electron chi connectivity index (χ0n) is 17.2. The number of allylic oxidation sites excluding steroid dienone is 6. The Bertz CT molecular complexity index is 749. The van der Waals surface area contributed by atoms with Gasteiger partial charge in [-0.3, -0.25) is 0 Å². The van der Waals surface area contributed by atoms with Crippen molar-refractivity contribution in [3.63, 3.8) is 0 Å². The molecule has 3 rings (SSSR count). The molecule has 0 radical (unpaired) electrons. The third kappa shape index (κ3) is 2.91. The molecule has 1 heteroatoms. The van der Waals surface area contributed by atoms with Gasteiger partial charge in [0.25, 0.3) is 0 Å². The first-order valence-electron chi connectivity index (χ1n) is 9.95. The first kappa shape index (κ1) is 18.4. The van der Waals surface area contributed by atoms with E-state index >= 15 is 0 Å². The quantitative estimate of drug-likeness (QED) is 0.478. The Kier molecular flexibility index (Phi) is 4.99. The van der Waals surface area contributed by atoms with E-state index in [0.29, 0.717) is 11.1 Å². The highest BCUT2D eigenvalue weighted by Gasteiger charge is 2.45. The van der Waals surface area contributed by atoms with E-state index in [-0.39, 0.29) is 0 Å². The van der Waals surface area contributed by atoms with Crippen molar-refractivity contribution in [3.05, 3.63) is 63.8 Å². The van der Waals surface area contributed by atoms with E-state index < -0.39 is 8.07 Å². The lowest BCUT2D eigenvalue weighted by atomic mass is 10.0. The SMILES string of the molecule is CCCCC1=CC([Si](C)(C)C2C(C)=C(C)C(C)=C2C)c2ccccc21. The summed E-state index contributed by atoms with van der Waals surface area (Å²) < 4.78 is 0. The molecule has 0 bridgehead atoms. The lowest BCUT2D eigenvalue weighted by Crippen LogP contribution is -2.39. The molecular weight excluding hydrogens is 316 g/mol. The number of benzene rings is 1. The highest BCUT2D eigenvalue weighted by atomic mass is 28.3. The molecule has 0 nitrogen and oxygen atoms in total. The van der Waals surface area contributed by atoms with Crippen LogP contribution in [0.25, 0.3) is 5.57 Å². The van der Waals surface area contributed by atoms with Crippen LogP contribution in [0, 0.1) is 0 Å². The van der Waals surface area contributed by atoms with Crippen molar-refractivity contribution in [3.8, 4) is 0 Å². The van der Waals surface area contributed by atoms with Gasteiger partial charge in [-0.05, 0) is 79.5 Å². The minimum absolute atomic E-state index is 0.643. The summed E-state index contributed by atoms with van der Waals surface area (Å²) in [5.74, 6) is 0. The van der Waals surface area contributed by atoms with Crippen LogP contribution in [0.3, 0.4) is 0 Å². The van der Waals surface area contributed by atoms with Gasteiger partial charge in [0.15, 0.2) is 0 Å². The van der Waals surface area contributed by atoms with Crippen LogP contribution >= 0.6 is 0 Å². The van der Waals surface area contributed by atoms with Crippen molar-refractivity contribution < 1.29 is 0 Å². The monoisotopic (exact) mass is 350 g/mol. The van der Waals surface area contributed by atoms with Gasteiger partial charge in [0.1, 0.15) is 0 Å². The standard InChI is InChI=1S/C24H34Si/c1-8-9-12-20-15-23(22-14-11-10-13-21(20)22)25(6,7)24-18(4)16(2)17(3)19(24)5/h10-11,13-15,23-24H,8-9,12H2,1-7H3. The van der Waals surface area contributed by atoms with Gasteiger partial charge in [0.05, 0.1) is 8.07 Å². The molecule has 0 saturated carbocycles. The fourth-order valence-corrected chi connectivity index (χ4v) is 10.00. The Hall–Kier alpha value is -1.34. The smallest absolute Gasteiger partial charge is 0.0714 e. The van der Waals surface area contributed by atoms with Gasteiger partial charge in [-0.15, -0.1) is 0 Å². The van der Waals surface area contributed by atoms with Crippen LogP contribution in [-0.2, 0) is 0 Å². The molecule has 1 aromatic rings. The summed E-state index contributed by atoms with van der Waals surface area (Å²) in [6, 6.07) is 9.22. The Labute approximate surface area is 155 Å². The molecule has 0 amide bonds. The summed E-state index contributed by atoms with van der Waals surface area (Å²) in [6.07, 6.45) is 6.47. The van der Waals surface area contributed by atoms with Crippen LogP contribution in [0.2, 0.25) is 18.6 Å². The van der Waals surface area contributed by atoms with Crippen LogP contribution in [0.4, 0.5) is 0 Å². The topological polar surface area (TPSA) is 0 Å². The van der Waals surface area contributed by atoms with Crippen LogP contribution in [0.5, 0.6) is 0 Å². The zero-order chi connectivity index (χ0) is 18.4. The average Bonchev–Trinajstić information content (AvgIpc) is 3.06. The molecule has 1 aromatic carbocycles. The van der Waals surface area contributed by atoms with Crippen LogP contribution in [-0.4, -0.2) is 8.07 Å². The second-order valence-electron chi connectivity index (χ2n) is 8.73. The molecule has 0 heterocycles. The van der Waals surface area contributed by atoms with Crippen molar-refractivity contribution >= 4 is 13.6 Å².